The Morgan fingerprint density at radius 1 is 1.13 bits per heavy atom. The summed E-state index contributed by atoms with van der Waals surface area (Å²) in [6, 6.07) is 12.1. The van der Waals surface area contributed by atoms with E-state index in [1.165, 1.54) is 19.3 Å². The van der Waals surface area contributed by atoms with Crippen LogP contribution in [0.4, 0.5) is 0 Å². The molecule has 2 aromatic rings. The highest BCUT2D eigenvalue weighted by molar-refractivity contribution is 5.43. The Balaban J connectivity index is 1.46. The third-order valence-corrected chi connectivity index (χ3v) is 5.41. The van der Waals surface area contributed by atoms with Crippen molar-refractivity contribution >= 4 is 0 Å². The predicted octanol–water partition coefficient (Wildman–Crippen LogP) is 2.96. The predicted molar refractivity (Wildman–Crippen MR) is 119 cm³/mol. The molecule has 30 heavy (non-hydrogen) atoms. The SMILES string of the molecule is COc1ccc(CNCCc2cccc(C)n2)cc1OCC(O)CN1CCCCC1. The summed E-state index contributed by atoms with van der Waals surface area (Å²) in [4.78, 5) is 6.85. The first kappa shape index (κ1) is 22.5. The molecule has 1 aromatic carbocycles. The van der Waals surface area contributed by atoms with Crippen LogP contribution >= 0.6 is 0 Å². The molecule has 0 amide bonds. The molecule has 1 fully saturated rings. The largest absolute Gasteiger partial charge is 0.493 e. The van der Waals surface area contributed by atoms with Crippen LogP contribution in [0.15, 0.2) is 36.4 Å². The monoisotopic (exact) mass is 413 g/mol. The normalized spacial score (nSPS) is 15.7. The van der Waals surface area contributed by atoms with Crippen LogP contribution in [0, 0.1) is 6.92 Å². The summed E-state index contributed by atoms with van der Waals surface area (Å²) in [6.45, 7) is 6.67. The number of rotatable bonds is 11. The Morgan fingerprint density at radius 3 is 2.73 bits per heavy atom. The highest BCUT2D eigenvalue weighted by atomic mass is 16.5. The van der Waals surface area contributed by atoms with Crippen molar-refractivity contribution in [2.75, 3.05) is 39.9 Å². The summed E-state index contributed by atoms with van der Waals surface area (Å²) in [5, 5.41) is 13.8. The second-order valence-corrected chi connectivity index (χ2v) is 8.01. The molecule has 1 aliphatic rings. The average Bonchev–Trinajstić information content (AvgIpc) is 2.76. The molecule has 164 valence electrons. The molecular weight excluding hydrogens is 378 g/mol. The fraction of sp³-hybridized carbons (Fsp3) is 0.542. The van der Waals surface area contributed by atoms with Gasteiger partial charge in [-0.1, -0.05) is 18.6 Å². The molecule has 1 aromatic heterocycles. The number of β-amino-alcohol motifs (C(OH)–C–C–N with tert-alkyl or cyclic N) is 1. The molecular formula is C24H35N3O3. The molecule has 1 atom stereocenters. The number of nitrogens with one attached hydrogen (secondary N) is 1. The topological polar surface area (TPSA) is 66.8 Å². The van der Waals surface area contributed by atoms with E-state index in [4.69, 9.17) is 9.47 Å². The van der Waals surface area contributed by atoms with E-state index in [-0.39, 0.29) is 6.61 Å². The minimum absolute atomic E-state index is 0.267. The zero-order valence-corrected chi connectivity index (χ0v) is 18.3. The van der Waals surface area contributed by atoms with Gasteiger partial charge in [0.2, 0.25) is 0 Å². The van der Waals surface area contributed by atoms with Gasteiger partial charge in [-0.25, -0.2) is 0 Å². The van der Waals surface area contributed by atoms with Gasteiger partial charge < -0.3 is 24.8 Å². The number of hydrogen-bond donors (Lipinski definition) is 2. The van der Waals surface area contributed by atoms with Crippen molar-refractivity contribution < 1.29 is 14.6 Å². The summed E-state index contributed by atoms with van der Waals surface area (Å²) < 4.78 is 11.4. The number of methoxy groups -OCH3 is 1. The number of nitrogens with zero attached hydrogens (tertiary/aromatic N) is 2. The van der Waals surface area contributed by atoms with E-state index in [1.807, 2.05) is 37.3 Å². The van der Waals surface area contributed by atoms with E-state index >= 15 is 0 Å². The Hall–Kier alpha value is -2.15. The van der Waals surface area contributed by atoms with Crippen LogP contribution in [0.3, 0.4) is 0 Å². The molecule has 0 radical (unpaired) electrons. The minimum Gasteiger partial charge on any atom is -0.493 e. The second-order valence-electron chi connectivity index (χ2n) is 8.01. The number of pyridine rings is 1. The highest BCUT2D eigenvalue weighted by Crippen LogP contribution is 2.28. The van der Waals surface area contributed by atoms with Crippen LogP contribution in [0.5, 0.6) is 11.5 Å². The van der Waals surface area contributed by atoms with E-state index in [0.29, 0.717) is 18.0 Å². The number of likely N-dealkylation sites (tertiary alicyclic amines) is 1. The molecule has 0 spiro atoms. The first-order chi connectivity index (χ1) is 14.6. The first-order valence-corrected chi connectivity index (χ1v) is 11.0. The number of hydrogen-bond acceptors (Lipinski definition) is 6. The fourth-order valence-electron chi connectivity index (χ4n) is 3.81. The van der Waals surface area contributed by atoms with E-state index in [0.717, 1.165) is 49.6 Å². The zero-order valence-electron chi connectivity index (χ0n) is 18.3. The molecule has 6 nitrogen and oxygen atoms in total. The third kappa shape index (κ3) is 7.27. The lowest BCUT2D eigenvalue weighted by Gasteiger charge is -2.28. The van der Waals surface area contributed by atoms with Crippen LogP contribution in [0.25, 0.3) is 0 Å². The number of ether oxygens (including phenoxy) is 2. The maximum Gasteiger partial charge on any atom is 0.161 e. The quantitative estimate of drug-likeness (QED) is 0.552. The maximum absolute atomic E-state index is 10.4. The molecule has 2 heterocycles. The summed E-state index contributed by atoms with van der Waals surface area (Å²) in [5.41, 5.74) is 3.27. The van der Waals surface area contributed by atoms with Crippen molar-refractivity contribution in [3.63, 3.8) is 0 Å². The summed E-state index contributed by atoms with van der Waals surface area (Å²) in [5.74, 6) is 1.36. The number of aromatic nitrogens is 1. The highest BCUT2D eigenvalue weighted by Gasteiger charge is 2.16. The number of aryl methyl sites for hydroxylation is 1. The molecule has 3 rings (SSSR count). The van der Waals surface area contributed by atoms with Crippen LogP contribution in [-0.2, 0) is 13.0 Å². The van der Waals surface area contributed by atoms with E-state index < -0.39 is 6.10 Å². The molecule has 1 unspecified atom stereocenters. The molecule has 0 bridgehead atoms. The maximum atomic E-state index is 10.4. The van der Waals surface area contributed by atoms with Gasteiger partial charge >= 0.3 is 0 Å². The number of aliphatic hydroxyl groups excluding tert-OH is 1. The first-order valence-electron chi connectivity index (χ1n) is 11.0. The van der Waals surface area contributed by atoms with Crippen LogP contribution in [-0.4, -0.2) is 61.0 Å². The van der Waals surface area contributed by atoms with Crippen molar-refractivity contribution in [2.24, 2.45) is 0 Å². The van der Waals surface area contributed by atoms with Gasteiger partial charge in [0.1, 0.15) is 12.7 Å². The van der Waals surface area contributed by atoms with Gasteiger partial charge in [0.15, 0.2) is 11.5 Å². The van der Waals surface area contributed by atoms with Gasteiger partial charge in [-0.3, -0.25) is 4.98 Å². The lowest BCUT2D eigenvalue weighted by atomic mass is 10.1. The van der Waals surface area contributed by atoms with Gasteiger partial charge in [-0.15, -0.1) is 0 Å². The number of piperidine rings is 1. The van der Waals surface area contributed by atoms with Crippen molar-refractivity contribution in [3.05, 3.63) is 53.3 Å². The summed E-state index contributed by atoms with van der Waals surface area (Å²) in [6.07, 6.45) is 4.12. The van der Waals surface area contributed by atoms with Gasteiger partial charge in [-0.2, -0.15) is 0 Å². The minimum atomic E-state index is -0.503. The van der Waals surface area contributed by atoms with Gasteiger partial charge in [0.25, 0.3) is 0 Å². The second kappa shape index (κ2) is 11.9. The molecule has 0 aliphatic carbocycles. The zero-order chi connectivity index (χ0) is 21.2. The lowest BCUT2D eigenvalue weighted by Crippen LogP contribution is -2.38. The van der Waals surface area contributed by atoms with Crippen LogP contribution < -0.4 is 14.8 Å². The fourth-order valence-corrected chi connectivity index (χ4v) is 3.81. The number of aliphatic hydroxyl groups is 1. The Kier molecular flexibility index (Phi) is 8.93. The third-order valence-electron chi connectivity index (χ3n) is 5.41. The van der Waals surface area contributed by atoms with Crippen molar-refractivity contribution in [1.82, 2.24) is 15.2 Å². The smallest absolute Gasteiger partial charge is 0.161 e. The van der Waals surface area contributed by atoms with Crippen molar-refractivity contribution in [2.45, 2.75) is 45.3 Å². The lowest BCUT2D eigenvalue weighted by molar-refractivity contribution is 0.0608. The molecule has 1 saturated heterocycles. The van der Waals surface area contributed by atoms with Gasteiger partial charge in [0, 0.05) is 37.4 Å². The van der Waals surface area contributed by atoms with Crippen molar-refractivity contribution in [1.29, 1.82) is 0 Å². The molecule has 2 N–H and O–H groups in total. The Labute approximate surface area is 180 Å². The molecule has 1 aliphatic heterocycles. The summed E-state index contributed by atoms with van der Waals surface area (Å²) in [7, 11) is 1.64. The van der Waals surface area contributed by atoms with Crippen molar-refractivity contribution in [3.8, 4) is 11.5 Å². The van der Waals surface area contributed by atoms with Crippen LogP contribution in [0.2, 0.25) is 0 Å². The average molecular weight is 414 g/mol. The molecule has 0 saturated carbocycles. The molecule has 6 heteroatoms. The van der Waals surface area contributed by atoms with E-state index in [1.54, 1.807) is 7.11 Å². The standard InChI is InChI=1S/C24H35N3O3/c1-19-7-6-8-21(26-19)11-12-25-16-20-9-10-23(29-2)24(15-20)30-18-22(28)17-27-13-4-3-5-14-27/h6-10,15,22,25,28H,3-5,11-14,16-18H2,1-2H3. The van der Waals surface area contributed by atoms with E-state index in [9.17, 15) is 5.11 Å². The van der Waals surface area contributed by atoms with Gasteiger partial charge in [-0.05, 0) is 62.7 Å². The Bertz CT molecular complexity index is 778. The summed E-state index contributed by atoms with van der Waals surface area (Å²) >= 11 is 0. The van der Waals surface area contributed by atoms with Gasteiger partial charge in [0.05, 0.1) is 7.11 Å². The Morgan fingerprint density at radius 2 is 1.97 bits per heavy atom. The van der Waals surface area contributed by atoms with E-state index in [2.05, 4.69) is 21.3 Å². The van der Waals surface area contributed by atoms with Crippen LogP contribution in [0.1, 0.15) is 36.2 Å². The number of benzene rings is 1.